The Morgan fingerprint density at radius 3 is 2.08 bits per heavy atom. The van der Waals surface area contributed by atoms with Crippen molar-refractivity contribution in [3.05, 3.63) is 105 Å². The van der Waals surface area contributed by atoms with E-state index in [4.69, 9.17) is 9.47 Å². The normalized spacial score (nSPS) is 14.6. The van der Waals surface area contributed by atoms with E-state index in [0.717, 1.165) is 22.0 Å². The molecule has 37 heavy (non-hydrogen) atoms. The fourth-order valence-corrected chi connectivity index (χ4v) is 5.04. The van der Waals surface area contributed by atoms with Gasteiger partial charge in [0.2, 0.25) is 0 Å². The molecule has 190 valence electrons. The molecule has 2 saturated carbocycles. The summed E-state index contributed by atoms with van der Waals surface area (Å²) in [6.45, 7) is 0. The van der Waals surface area contributed by atoms with Crippen molar-refractivity contribution in [3.8, 4) is 0 Å². The summed E-state index contributed by atoms with van der Waals surface area (Å²) in [6.07, 6.45) is 7.61. The molecule has 0 saturated heterocycles. The van der Waals surface area contributed by atoms with Gasteiger partial charge in [-0.3, -0.25) is 0 Å². The number of hydrogen-bond acceptors (Lipinski definition) is 4. The predicted molar refractivity (Wildman–Crippen MR) is 148 cm³/mol. The van der Waals surface area contributed by atoms with Gasteiger partial charge in [-0.1, -0.05) is 24.3 Å². The molecule has 1 N–H and O–H groups in total. The molecular weight excluding hydrogens is 530 g/mol. The fourth-order valence-electron chi connectivity index (χ4n) is 4.63. The van der Waals surface area contributed by atoms with E-state index in [-0.39, 0.29) is 11.9 Å². The third kappa shape index (κ3) is 5.96. The Morgan fingerprint density at radius 2 is 1.43 bits per heavy atom. The first-order valence-corrected chi connectivity index (χ1v) is 13.4. The Labute approximate surface area is 225 Å². The van der Waals surface area contributed by atoms with Gasteiger partial charge < -0.3 is 14.5 Å². The Balaban J connectivity index is 0.000000171. The number of halogens is 1. The van der Waals surface area contributed by atoms with Crippen LogP contribution in [0, 0.1) is 0 Å². The van der Waals surface area contributed by atoms with E-state index in [1.54, 1.807) is 0 Å². The Bertz CT molecular complexity index is 1450. The van der Waals surface area contributed by atoms with Crippen LogP contribution in [0.1, 0.15) is 80.5 Å². The maximum atomic E-state index is 12.2. The summed E-state index contributed by atoms with van der Waals surface area (Å²) in [7, 11) is 2.85. The quantitative estimate of drug-likeness (QED) is 0.248. The van der Waals surface area contributed by atoms with Crippen LogP contribution in [-0.4, -0.2) is 31.1 Å². The second-order valence-corrected chi connectivity index (χ2v) is 10.6. The van der Waals surface area contributed by atoms with Gasteiger partial charge >= 0.3 is 11.9 Å². The molecule has 4 aromatic rings. The van der Waals surface area contributed by atoms with Gasteiger partial charge in [0.25, 0.3) is 0 Å². The molecule has 6 heteroatoms. The van der Waals surface area contributed by atoms with Crippen LogP contribution < -0.4 is 0 Å². The summed E-state index contributed by atoms with van der Waals surface area (Å²) in [6, 6.07) is 20.6. The number of carbonyl (C=O) groups excluding carboxylic acids is 2. The molecule has 0 spiro atoms. The molecule has 2 aliphatic carbocycles. The van der Waals surface area contributed by atoms with Crippen molar-refractivity contribution in [1.82, 2.24) is 4.98 Å². The van der Waals surface area contributed by atoms with Crippen LogP contribution in [0.25, 0.3) is 10.9 Å². The number of hydrogen-bond donors (Lipinski definition) is 1. The summed E-state index contributed by atoms with van der Waals surface area (Å²) >= 11 is 3.34. The number of aromatic amines is 1. The first-order chi connectivity index (χ1) is 18.0. The van der Waals surface area contributed by atoms with E-state index < -0.39 is 0 Å². The van der Waals surface area contributed by atoms with Gasteiger partial charge in [0.05, 0.1) is 25.3 Å². The highest BCUT2D eigenvalue weighted by Gasteiger charge is 2.26. The average molecular weight is 560 g/mol. The lowest BCUT2D eigenvalue weighted by Crippen LogP contribution is -2.07. The number of H-pyrrole nitrogens is 1. The third-order valence-corrected chi connectivity index (χ3v) is 7.74. The monoisotopic (exact) mass is 559 g/mol. The third-order valence-electron chi connectivity index (χ3n) is 7.04. The summed E-state index contributed by atoms with van der Waals surface area (Å²) in [5.74, 6) is 0.764. The van der Waals surface area contributed by atoms with Crippen LogP contribution in [0.2, 0.25) is 0 Å². The zero-order valence-electron chi connectivity index (χ0n) is 21.1. The molecule has 0 unspecified atom stereocenters. The van der Waals surface area contributed by atoms with Crippen molar-refractivity contribution in [3.63, 3.8) is 0 Å². The molecule has 0 atom stereocenters. The molecule has 1 aromatic heterocycles. The molecule has 3 aromatic carbocycles. The van der Waals surface area contributed by atoms with Gasteiger partial charge in [0.15, 0.2) is 0 Å². The van der Waals surface area contributed by atoms with Gasteiger partial charge in [-0.2, -0.15) is 0 Å². The van der Waals surface area contributed by atoms with E-state index in [1.807, 2.05) is 24.4 Å². The topological polar surface area (TPSA) is 68.4 Å². The lowest BCUT2D eigenvalue weighted by molar-refractivity contribution is 0.0590. The van der Waals surface area contributed by atoms with Gasteiger partial charge in [0.1, 0.15) is 0 Å². The van der Waals surface area contributed by atoms with Crippen molar-refractivity contribution < 1.29 is 19.1 Å². The van der Waals surface area contributed by atoms with Crippen molar-refractivity contribution in [2.45, 2.75) is 43.9 Å². The maximum absolute atomic E-state index is 12.2. The van der Waals surface area contributed by atoms with Crippen molar-refractivity contribution >= 4 is 38.8 Å². The minimum absolute atomic E-state index is 0.245. The Kier molecular flexibility index (Phi) is 7.47. The maximum Gasteiger partial charge on any atom is 0.339 e. The van der Waals surface area contributed by atoms with Crippen LogP contribution >= 0.6 is 15.9 Å². The van der Waals surface area contributed by atoms with Gasteiger partial charge in [-0.05, 0) is 124 Å². The molecule has 0 aliphatic heterocycles. The number of methoxy groups -OCH3 is 2. The van der Waals surface area contributed by atoms with Gasteiger partial charge in [-0.15, -0.1) is 0 Å². The number of esters is 2. The summed E-state index contributed by atoms with van der Waals surface area (Å²) < 4.78 is 10.5. The number of nitrogens with one attached hydrogen (secondary N) is 1. The number of rotatable bonds is 6. The number of carbonyl (C=O) groups is 2. The first-order valence-electron chi connectivity index (χ1n) is 12.6. The zero-order valence-corrected chi connectivity index (χ0v) is 22.6. The average Bonchev–Trinajstić information content (AvgIpc) is 3.86. The summed E-state index contributed by atoms with van der Waals surface area (Å²) in [4.78, 5) is 26.7. The van der Waals surface area contributed by atoms with Crippen LogP contribution in [-0.2, 0) is 15.9 Å². The molecule has 2 fully saturated rings. The van der Waals surface area contributed by atoms with Crippen molar-refractivity contribution in [1.29, 1.82) is 0 Å². The highest BCUT2D eigenvalue weighted by atomic mass is 79.9. The van der Waals surface area contributed by atoms with Crippen molar-refractivity contribution in [2.75, 3.05) is 14.2 Å². The molecule has 1 heterocycles. The SMILES string of the molecule is COC(=O)c1cc(C2CC2)ccc1Br.COC(=O)c1cc(C2CC2)ccc1Cc1ccc2[nH]ccc2c1. The van der Waals surface area contributed by atoms with Crippen molar-refractivity contribution in [2.24, 2.45) is 0 Å². The first kappa shape index (κ1) is 25.3. The second-order valence-electron chi connectivity index (χ2n) is 9.76. The number of ether oxygens (including phenoxy) is 2. The predicted octanol–water partition coefficient (Wildman–Crippen LogP) is 7.54. The Morgan fingerprint density at radius 1 is 0.811 bits per heavy atom. The van der Waals surface area contributed by atoms with Crippen LogP contribution in [0.3, 0.4) is 0 Å². The highest BCUT2D eigenvalue weighted by molar-refractivity contribution is 9.10. The molecule has 0 amide bonds. The smallest absolute Gasteiger partial charge is 0.339 e. The molecule has 2 aliphatic rings. The van der Waals surface area contributed by atoms with Crippen LogP contribution in [0.4, 0.5) is 0 Å². The molecular formula is C31H30BrNO4. The number of fused-ring (bicyclic) bond motifs is 1. The van der Waals surface area contributed by atoms with E-state index in [2.05, 4.69) is 63.4 Å². The van der Waals surface area contributed by atoms with Gasteiger partial charge in [-0.25, -0.2) is 9.59 Å². The molecule has 0 bridgehead atoms. The minimum Gasteiger partial charge on any atom is -0.465 e. The van der Waals surface area contributed by atoms with Gasteiger partial charge in [0, 0.05) is 16.2 Å². The minimum atomic E-state index is -0.278. The second kappa shape index (κ2) is 10.9. The summed E-state index contributed by atoms with van der Waals surface area (Å²) in [5.41, 5.74) is 7.18. The molecule has 0 radical (unpaired) electrons. The van der Waals surface area contributed by atoms with E-state index >= 15 is 0 Å². The number of aromatic nitrogens is 1. The number of benzene rings is 3. The van der Waals surface area contributed by atoms with E-state index in [9.17, 15) is 9.59 Å². The Hall–Kier alpha value is -3.38. The molecule has 6 rings (SSSR count). The lowest BCUT2D eigenvalue weighted by atomic mass is 9.96. The largest absolute Gasteiger partial charge is 0.465 e. The summed E-state index contributed by atoms with van der Waals surface area (Å²) in [5, 5.41) is 1.19. The van der Waals surface area contributed by atoms with Crippen LogP contribution in [0.15, 0.2) is 71.3 Å². The fraction of sp³-hybridized carbons (Fsp3) is 0.290. The standard InChI is InChI=1S/C20H19NO2.C11H11BrO2/c1-23-20(22)18-12-15(14-3-4-14)5-6-16(18)10-13-2-7-19-17(11-13)8-9-21-19;1-14-11(13)9-6-8(7-2-3-7)4-5-10(9)12/h2,5-9,11-12,14,21H,3-4,10H2,1H3;4-7H,2-3H2,1H3. The lowest BCUT2D eigenvalue weighted by Gasteiger charge is -2.11. The van der Waals surface area contributed by atoms with E-state index in [0.29, 0.717) is 23.0 Å². The zero-order chi connectivity index (χ0) is 25.9. The van der Waals surface area contributed by atoms with E-state index in [1.165, 1.54) is 62.0 Å². The molecule has 5 nitrogen and oxygen atoms in total. The van der Waals surface area contributed by atoms with Crippen LogP contribution in [0.5, 0.6) is 0 Å². The highest BCUT2D eigenvalue weighted by Crippen LogP contribution is 2.41.